The van der Waals surface area contributed by atoms with Crippen molar-refractivity contribution in [2.24, 2.45) is 14.1 Å². The number of benzene rings is 5. The summed E-state index contributed by atoms with van der Waals surface area (Å²) in [4.78, 5) is 0. The third-order valence-corrected chi connectivity index (χ3v) is 7.36. The van der Waals surface area contributed by atoms with E-state index in [4.69, 9.17) is 0 Å². The second-order valence-corrected chi connectivity index (χ2v) is 9.02. The van der Waals surface area contributed by atoms with Crippen molar-refractivity contribution < 1.29 is 0 Å². The molecule has 0 fully saturated rings. The van der Waals surface area contributed by atoms with Gasteiger partial charge in [0.2, 0.25) is 0 Å². The molecule has 7 rings (SSSR count). The molecular formula is C31H21N3. The van der Waals surface area contributed by atoms with Crippen LogP contribution >= 0.6 is 0 Å². The fourth-order valence-electron chi connectivity index (χ4n) is 5.88. The maximum Gasteiger partial charge on any atom is 0.0998 e. The number of hydrogen-bond acceptors (Lipinski definition) is 1. The van der Waals surface area contributed by atoms with Gasteiger partial charge in [-0.15, -0.1) is 0 Å². The minimum absolute atomic E-state index is 0.706. The fraction of sp³-hybridized carbons (Fsp3) is 0.0645. The van der Waals surface area contributed by atoms with Crippen molar-refractivity contribution >= 4 is 54.4 Å². The van der Waals surface area contributed by atoms with E-state index in [1.165, 1.54) is 49.2 Å². The Labute approximate surface area is 196 Å². The van der Waals surface area contributed by atoms with Crippen molar-refractivity contribution in [2.75, 3.05) is 0 Å². The molecule has 0 unspecified atom stereocenters. The van der Waals surface area contributed by atoms with E-state index < -0.39 is 0 Å². The maximum absolute atomic E-state index is 10.0. The van der Waals surface area contributed by atoms with Gasteiger partial charge in [0, 0.05) is 57.6 Å². The molecule has 0 aliphatic heterocycles. The van der Waals surface area contributed by atoms with Crippen LogP contribution in [0.5, 0.6) is 0 Å². The number of nitriles is 1. The number of fused-ring (bicyclic) bond motifs is 7. The number of para-hydroxylation sites is 2. The van der Waals surface area contributed by atoms with Gasteiger partial charge in [-0.1, -0.05) is 66.7 Å². The lowest BCUT2D eigenvalue weighted by Gasteiger charge is -2.14. The van der Waals surface area contributed by atoms with Crippen molar-refractivity contribution in [2.45, 2.75) is 0 Å². The molecule has 0 aliphatic rings. The molecule has 3 nitrogen and oxygen atoms in total. The highest BCUT2D eigenvalue weighted by Gasteiger charge is 2.22. The Morgan fingerprint density at radius 2 is 1.29 bits per heavy atom. The lowest BCUT2D eigenvalue weighted by atomic mass is 9.90. The van der Waals surface area contributed by atoms with E-state index in [2.05, 4.69) is 108 Å². The number of rotatable bonds is 1. The van der Waals surface area contributed by atoms with Crippen molar-refractivity contribution in [3.05, 3.63) is 96.6 Å². The van der Waals surface area contributed by atoms with Gasteiger partial charge in [-0.2, -0.15) is 5.26 Å². The summed E-state index contributed by atoms with van der Waals surface area (Å²) in [6.07, 6.45) is 0. The van der Waals surface area contributed by atoms with Gasteiger partial charge < -0.3 is 9.13 Å². The molecule has 7 aromatic rings. The predicted octanol–water partition coefficient (Wildman–Crippen LogP) is 7.67. The molecule has 2 aromatic heterocycles. The van der Waals surface area contributed by atoms with E-state index in [-0.39, 0.29) is 0 Å². The third kappa shape index (κ3) is 2.30. The molecule has 5 aromatic carbocycles. The zero-order valence-electron chi connectivity index (χ0n) is 19.0. The Hall–Kier alpha value is -4.55. The van der Waals surface area contributed by atoms with Crippen molar-refractivity contribution in [3.63, 3.8) is 0 Å². The molecule has 160 valence electrons. The van der Waals surface area contributed by atoms with Crippen LogP contribution < -0.4 is 0 Å². The lowest BCUT2D eigenvalue weighted by molar-refractivity contribution is 1.01. The van der Waals surface area contributed by atoms with Gasteiger partial charge in [0.15, 0.2) is 0 Å². The Kier molecular flexibility index (Phi) is 3.75. The van der Waals surface area contributed by atoms with Gasteiger partial charge >= 0.3 is 0 Å². The van der Waals surface area contributed by atoms with Crippen LogP contribution in [0, 0.1) is 11.3 Å². The third-order valence-electron chi connectivity index (χ3n) is 7.36. The summed E-state index contributed by atoms with van der Waals surface area (Å²) in [5, 5.41) is 17.1. The number of nitrogens with zero attached hydrogens (tertiary/aromatic N) is 3. The van der Waals surface area contributed by atoms with Crippen LogP contribution in [0.4, 0.5) is 0 Å². The van der Waals surface area contributed by atoms with Gasteiger partial charge in [0.25, 0.3) is 0 Å². The second-order valence-electron chi connectivity index (χ2n) is 9.02. The number of hydrogen-bond donors (Lipinski definition) is 0. The van der Waals surface area contributed by atoms with Gasteiger partial charge in [-0.25, -0.2) is 0 Å². The molecule has 0 atom stereocenters. The summed E-state index contributed by atoms with van der Waals surface area (Å²) in [5.41, 5.74) is 7.82. The monoisotopic (exact) mass is 435 g/mol. The van der Waals surface area contributed by atoms with Crippen LogP contribution in [0.2, 0.25) is 0 Å². The Morgan fingerprint density at radius 3 is 2.06 bits per heavy atom. The number of aryl methyl sites for hydroxylation is 2. The molecule has 0 bridgehead atoms. The van der Waals surface area contributed by atoms with Gasteiger partial charge in [-0.05, 0) is 35.2 Å². The Balaban J connectivity index is 1.85. The molecule has 0 spiro atoms. The summed E-state index contributed by atoms with van der Waals surface area (Å²) in [7, 11) is 4.30. The molecule has 0 amide bonds. The van der Waals surface area contributed by atoms with E-state index in [1.54, 1.807) is 0 Å². The quantitative estimate of drug-likeness (QED) is 0.260. The summed E-state index contributed by atoms with van der Waals surface area (Å²) < 4.78 is 4.61. The zero-order chi connectivity index (χ0) is 23.0. The van der Waals surface area contributed by atoms with E-state index >= 15 is 0 Å². The summed E-state index contributed by atoms with van der Waals surface area (Å²) in [5.74, 6) is 0. The molecule has 0 radical (unpaired) electrons. The minimum Gasteiger partial charge on any atom is -0.344 e. The molecule has 0 aliphatic carbocycles. The van der Waals surface area contributed by atoms with Crippen molar-refractivity contribution in [1.29, 1.82) is 5.26 Å². The predicted molar refractivity (Wildman–Crippen MR) is 142 cm³/mol. The normalized spacial score (nSPS) is 11.8. The maximum atomic E-state index is 10.0. The standard InChI is InChI=1S/C31H21N3/c1-33-26-16-6-4-13-22(26)29-27(33)17-24-21-12-3-5-15-25(21)34(2)31(24)30(29)23-14-8-10-19-9-7-11-20(18-32)28(19)23/h3-17H,1-2H3. The van der Waals surface area contributed by atoms with Crippen molar-refractivity contribution in [1.82, 2.24) is 9.13 Å². The van der Waals surface area contributed by atoms with Gasteiger partial charge in [0.1, 0.15) is 0 Å². The van der Waals surface area contributed by atoms with Gasteiger partial charge in [-0.3, -0.25) is 0 Å². The first-order valence-electron chi connectivity index (χ1n) is 11.5. The first-order valence-corrected chi connectivity index (χ1v) is 11.5. The molecule has 34 heavy (non-hydrogen) atoms. The minimum atomic E-state index is 0.706. The Bertz CT molecular complexity index is 1980. The van der Waals surface area contributed by atoms with Crippen LogP contribution in [0.1, 0.15) is 5.56 Å². The van der Waals surface area contributed by atoms with Crippen LogP contribution in [0.15, 0.2) is 91.0 Å². The lowest BCUT2D eigenvalue weighted by Crippen LogP contribution is -1.94. The average Bonchev–Trinajstić information content (AvgIpc) is 3.34. The summed E-state index contributed by atoms with van der Waals surface area (Å²) >= 11 is 0. The SMILES string of the molecule is Cn1c2ccccc2c2c(-c3cccc4cccc(C#N)c34)c3c(cc21)c1ccccc1n3C. The van der Waals surface area contributed by atoms with Crippen LogP contribution in [0.25, 0.3) is 65.5 Å². The van der Waals surface area contributed by atoms with E-state index in [0.717, 1.165) is 16.3 Å². The highest BCUT2D eigenvalue weighted by Crippen LogP contribution is 2.46. The molecular weight excluding hydrogens is 414 g/mol. The van der Waals surface area contributed by atoms with Crippen LogP contribution in [-0.2, 0) is 14.1 Å². The highest BCUT2D eigenvalue weighted by atomic mass is 15.0. The van der Waals surface area contributed by atoms with E-state index in [0.29, 0.717) is 5.56 Å². The Morgan fingerprint density at radius 1 is 0.618 bits per heavy atom. The zero-order valence-corrected chi connectivity index (χ0v) is 19.0. The first kappa shape index (κ1) is 19.0. The first-order chi connectivity index (χ1) is 16.7. The molecule has 0 saturated heterocycles. The van der Waals surface area contributed by atoms with Crippen LogP contribution in [-0.4, -0.2) is 9.13 Å². The smallest absolute Gasteiger partial charge is 0.0998 e. The fourth-order valence-corrected chi connectivity index (χ4v) is 5.88. The number of aromatic nitrogens is 2. The van der Waals surface area contributed by atoms with Crippen molar-refractivity contribution in [3.8, 4) is 17.2 Å². The highest BCUT2D eigenvalue weighted by molar-refractivity contribution is 6.28. The van der Waals surface area contributed by atoms with E-state index in [9.17, 15) is 5.26 Å². The molecule has 2 heterocycles. The average molecular weight is 436 g/mol. The largest absolute Gasteiger partial charge is 0.344 e. The van der Waals surface area contributed by atoms with Crippen LogP contribution in [0.3, 0.4) is 0 Å². The summed E-state index contributed by atoms with van der Waals surface area (Å²) in [6, 6.07) is 34.4. The topological polar surface area (TPSA) is 33.6 Å². The van der Waals surface area contributed by atoms with E-state index in [1.807, 2.05) is 12.1 Å². The molecule has 3 heteroatoms. The second kappa shape index (κ2) is 6.73. The molecule has 0 N–H and O–H groups in total. The van der Waals surface area contributed by atoms with Gasteiger partial charge in [0.05, 0.1) is 22.7 Å². The summed E-state index contributed by atoms with van der Waals surface area (Å²) in [6.45, 7) is 0. The molecule has 0 saturated carbocycles.